The summed E-state index contributed by atoms with van der Waals surface area (Å²) in [6, 6.07) is 17.9. The predicted octanol–water partition coefficient (Wildman–Crippen LogP) is 11.3. The molecule has 6 saturated heterocycles. The summed E-state index contributed by atoms with van der Waals surface area (Å²) in [7, 11) is 3.35. The van der Waals surface area contributed by atoms with E-state index in [9.17, 15) is 22.8 Å². The normalized spacial score (nSPS) is 24.8. The van der Waals surface area contributed by atoms with Crippen LogP contribution in [0.5, 0.6) is 17.8 Å². The van der Waals surface area contributed by atoms with E-state index >= 15 is 17.6 Å². The molecule has 0 bridgehead atoms. The van der Waals surface area contributed by atoms with Crippen molar-refractivity contribution in [2.45, 2.75) is 99.3 Å². The number of hydrogen-bond acceptors (Lipinski definition) is 15. The van der Waals surface area contributed by atoms with Gasteiger partial charge >= 0.3 is 18.6 Å². The zero-order valence-electron chi connectivity index (χ0n) is 50.4. The van der Waals surface area contributed by atoms with Gasteiger partial charge in [0.1, 0.15) is 71.5 Å². The molecule has 4 aromatic carbocycles. The van der Waals surface area contributed by atoms with Crippen molar-refractivity contribution in [3.05, 3.63) is 127 Å². The lowest BCUT2D eigenvalue weighted by Gasteiger charge is -2.35. The van der Waals surface area contributed by atoms with E-state index < -0.39 is 71.9 Å². The number of anilines is 2. The summed E-state index contributed by atoms with van der Waals surface area (Å²) in [5, 5.41) is 3.07. The smallest absolute Gasteiger partial charge is 0.387 e. The number of fused-ring (bicyclic) bond motifs is 6. The fourth-order valence-electron chi connectivity index (χ4n) is 15.3. The van der Waals surface area contributed by atoms with Crippen LogP contribution in [0.15, 0.2) is 110 Å². The van der Waals surface area contributed by atoms with E-state index in [1.54, 1.807) is 67.5 Å². The summed E-state index contributed by atoms with van der Waals surface area (Å²) < 4.78 is 127. The van der Waals surface area contributed by atoms with E-state index in [0.717, 1.165) is 17.9 Å². The maximum Gasteiger partial charge on any atom is 0.387 e. The van der Waals surface area contributed by atoms with Crippen molar-refractivity contribution in [2.75, 3.05) is 82.9 Å². The Labute approximate surface area is 529 Å². The molecule has 0 spiro atoms. The Hall–Kier alpha value is -8.48. The highest BCUT2D eigenvalue weighted by atomic mass is 35.5. The molecule has 4 aromatic heterocycles. The Bertz CT molecular complexity index is 4310. The lowest BCUT2D eigenvalue weighted by molar-refractivity contribution is -0.127. The molecular weight excluding hydrogens is 1220 g/mol. The number of likely N-dealkylation sites (N-methyl/N-ethyl adjacent to an activating group) is 2. The van der Waals surface area contributed by atoms with Crippen LogP contribution in [0.25, 0.3) is 65.9 Å². The lowest BCUT2D eigenvalue weighted by Crippen LogP contribution is -2.49. The number of hydrogen-bond donors (Lipinski definition) is 0. The first-order chi connectivity index (χ1) is 44.3. The number of halogens is 8. The quantitative estimate of drug-likeness (QED) is 0.0626. The molecule has 0 radical (unpaired) electrons. The number of alkyl halides is 5. The minimum Gasteiger partial charge on any atom is -0.461 e. The Morgan fingerprint density at radius 3 is 2.10 bits per heavy atom. The molecule has 8 aromatic rings. The summed E-state index contributed by atoms with van der Waals surface area (Å²) in [5.41, 5.74) is -1.34. The molecule has 0 N–H and O–H groups in total. The highest BCUT2D eigenvalue weighted by Crippen LogP contribution is 2.48. The number of aromatic nitrogens is 6. The molecule has 17 nitrogen and oxygen atoms in total. The second-order valence-corrected chi connectivity index (χ2v) is 25.5. The van der Waals surface area contributed by atoms with Crippen LogP contribution < -0.4 is 24.0 Å². The number of amides is 2. The van der Waals surface area contributed by atoms with Crippen molar-refractivity contribution in [1.82, 2.24) is 49.5 Å². The fraction of sp³-hybridized carbons (Fsp3) is 0.403. The third-order valence-electron chi connectivity index (χ3n) is 19.8. The average Bonchev–Trinajstić information content (AvgIpc) is 1.14. The SMILES string of the molecule is C=CC(=O)N1C[C@@H](F)[C@@H](N(C)c2nc(OC[C@@]34CCC(C(=C)C(=O)N5CC[C@@H](N(C)c6nc(OC[C@@]78CCCN7C[C@H](F)C8)nc7c(F)c(-c8cc(OC(F)F)cc9ccccc89)ncc67)C5)N3C[C@H](F)C4)nc3c(F)c(-c4cccc5cccc(Cl)c45)ncc23)C1. The molecule has 1 unspecified atom stereocenters. The van der Waals surface area contributed by atoms with Crippen LogP contribution >= 0.6 is 11.6 Å². The van der Waals surface area contributed by atoms with Crippen molar-refractivity contribution in [3.63, 3.8) is 0 Å². The van der Waals surface area contributed by atoms with Crippen molar-refractivity contribution in [3.8, 4) is 40.3 Å². The second-order valence-electron chi connectivity index (χ2n) is 25.1. The van der Waals surface area contributed by atoms with Crippen LogP contribution in [0, 0.1) is 11.6 Å². The summed E-state index contributed by atoms with van der Waals surface area (Å²) in [4.78, 5) is 65.8. The fourth-order valence-corrected chi connectivity index (χ4v) is 15.5. The number of pyridine rings is 2. The Kier molecular flexibility index (Phi) is 15.9. The lowest BCUT2D eigenvalue weighted by atomic mass is 9.94. The maximum absolute atomic E-state index is 17.5. The van der Waals surface area contributed by atoms with Gasteiger partial charge in [0.25, 0.3) is 5.91 Å². The number of nitrogens with zero attached hydrogens (tertiary/aromatic N) is 12. The first-order valence-electron chi connectivity index (χ1n) is 30.7. The molecule has 6 fully saturated rings. The monoisotopic (exact) mass is 1280 g/mol. The van der Waals surface area contributed by atoms with Gasteiger partial charge in [-0.15, -0.1) is 0 Å². The average molecular weight is 1290 g/mol. The predicted molar refractivity (Wildman–Crippen MR) is 335 cm³/mol. The van der Waals surface area contributed by atoms with Crippen LogP contribution in [0.4, 0.5) is 42.4 Å². The first-order valence-corrected chi connectivity index (χ1v) is 31.1. The number of benzene rings is 4. The van der Waals surface area contributed by atoms with Crippen LogP contribution in [0.3, 0.4) is 0 Å². The minimum atomic E-state index is -3.15. The zero-order valence-corrected chi connectivity index (χ0v) is 51.1. The molecule has 25 heteroatoms. The summed E-state index contributed by atoms with van der Waals surface area (Å²) in [6.07, 6.45) is 3.15. The molecule has 0 aliphatic carbocycles. The summed E-state index contributed by atoms with van der Waals surface area (Å²) in [6.45, 7) is 5.81. The van der Waals surface area contributed by atoms with Gasteiger partial charge in [0.2, 0.25) is 5.91 Å². The Balaban J connectivity index is 0.729. The molecule has 92 heavy (non-hydrogen) atoms. The summed E-state index contributed by atoms with van der Waals surface area (Å²) in [5.74, 6) is -2.37. The molecule has 6 aliphatic heterocycles. The van der Waals surface area contributed by atoms with Crippen molar-refractivity contribution in [2.24, 2.45) is 0 Å². The third kappa shape index (κ3) is 10.7. The van der Waals surface area contributed by atoms with Crippen LogP contribution in [-0.4, -0.2) is 189 Å². The molecule has 14 rings (SSSR count). The highest BCUT2D eigenvalue weighted by Gasteiger charge is 2.56. The number of ether oxygens (including phenoxy) is 3. The van der Waals surface area contributed by atoms with Crippen molar-refractivity contribution in [1.29, 1.82) is 0 Å². The van der Waals surface area contributed by atoms with E-state index in [-0.39, 0.29) is 138 Å². The molecule has 8 atom stereocenters. The second kappa shape index (κ2) is 23.9. The number of likely N-dealkylation sites (tertiary alicyclic amines) is 2. The van der Waals surface area contributed by atoms with Gasteiger partial charge in [-0.2, -0.15) is 28.7 Å². The summed E-state index contributed by atoms with van der Waals surface area (Å²) >= 11 is 6.71. The molecule has 2 amide bonds. The minimum absolute atomic E-state index is 0.0244. The number of carbonyl (C=O) groups excluding carboxylic acids is 2. The van der Waals surface area contributed by atoms with Gasteiger partial charge in [0.15, 0.2) is 11.6 Å². The third-order valence-corrected chi connectivity index (χ3v) is 20.1. The van der Waals surface area contributed by atoms with Gasteiger partial charge in [-0.3, -0.25) is 29.4 Å². The van der Waals surface area contributed by atoms with Crippen molar-refractivity contribution < 1.29 is 54.5 Å². The molecular formula is C67H64ClF7N12O5. The van der Waals surface area contributed by atoms with Crippen LogP contribution in [-0.2, 0) is 9.59 Å². The topological polar surface area (TPSA) is 159 Å². The van der Waals surface area contributed by atoms with E-state index in [2.05, 4.69) is 38.0 Å². The van der Waals surface area contributed by atoms with E-state index in [1.165, 1.54) is 34.3 Å². The van der Waals surface area contributed by atoms with E-state index in [4.69, 9.17) is 35.8 Å². The number of rotatable bonds is 17. The van der Waals surface area contributed by atoms with Gasteiger partial charge in [0.05, 0.1) is 34.4 Å². The van der Waals surface area contributed by atoms with Gasteiger partial charge in [0, 0.05) is 111 Å². The van der Waals surface area contributed by atoms with Gasteiger partial charge < -0.3 is 33.8 Å². The van der Waals surface area contributed by atoms with Crippen LogP contribution in [0.2, 0.25) is 5.02 Å². The van der Waals surface area contributed by atoms with E-state index in [0.29, 0.717) is 65.5 Å². The molecule has 10 heterocycles. The zero-order chi connectivity index (χ0) is 64.1. The molecule has 0 saturated carbocycles. The van der Waals surface area contributed by atoms with Crippen molar-refractivity contribution >= 4 is 78.4 Å². The number of carbonyl (C=O) groups is 2. The molecule has 6 aliphatic rings. The van der Waals surface area contributed by atoms with Crippen LogP contribution in [0.1, 0.15) is 44.9 Å². The maximum atomic E-state index is 17.5. The standard InChI is InChI=1S/C67H64ClF7N12O5/c1-5-52(88)85-32-49(71)51(33-85)83(4)61-47-28-76-56(44-15-8-12-37-13-9-16-48(68)53(37)44)54(72)59(47)79-65(81-61)91-35-67-20-17-50(87(67)30-40(70)26-67)36(2)62(89)84-22-18-41(31-84)82(3)60-46-27-77-57(45-24-42(92-63(74)75)23-38-11-6-7-14-43(38)45)55(73)58(46)78-64(80-60)90-34-66-19-10-21-86(66)29-39(69)25-66/h5-9,11-16,23-24,27-28,39-41,49-51,63H,1-2,10,17-22,25-26,29-35H2,3-4H3/t39-,40-,41-,49-,50?,51+,66+,67+/m1/s1. The Morgan fingerprint density at radius 2 is 1.38 bits per heavy atom. The van der Waals surface area contributed by atoms with Gasteiger partial charge in [-0.25, -0.2) is 22.0 Å². The van der Waals surface area contributed by atoms with Gasteiger partial charge in [-0.1, -0.05) is 79.4 Å². The van der Waals surface area contributed by atoms with Gasteiger partial charge in [-0.05, 0) is 79.1 Å². The highest BCUT2D eigenvalue weighted by molar-refractivity contribution is 6.36. The first kappa shape index (κ1) is 61.0. The largest absolute Gasteiger partial charge is 0.461 e. The Morgan fingerprint density at radius 1 is 0.728 bits per heavy atom. The van der Waals surface area contributed by atoms with E-state index in [1.807, 2.05) is 21.9 Å². The molecule has 478 valence electrons.